The number of hydrogen-bond acceptors (Lipinski definition) is 13. The lowest BCUT2D eigenvalue weighted by Crippen LogP contribution is -2.75. The van der Waals surface area contributed by atoms with Gasteiger partial charge in [-0.2, -0.15) is 0 Å². The molecule has 16 heteroatoms. The summed E-state index contributed by atoms with van der Waals surface area (Å²) in [6.45, 7) is 10.8. The number of benzene rings is 1. The zero-order chi connectivity index (χ0) is 39.7. The van der Waals surface area contributed by atoms with E-state index in [0.717, 1.165) is 11.3 Å². The van der Waals surface area contributed by atoms with Gasteiger partial charge in [0.2, 0.25) is 5.91 Å². The monoisotopic (exact) mass is 780 g/mol. The van der Waals surface area contributed by atoms with Crippen LogP contribution in [0.4, 0.5) is 4.79 Å². The van der Waals surface area contributed by atoms with Crippen LogP contribution in [0, 0.1) is 17.3 Å². The first-order valence-electron chi connectivity index (χ1n) is 18.8. The first kappa shape index (κ1) is 43.2. The van der Waals surface area contributed by atoms with Gasteiger partial charge in [0.25, 0.3) is 0 Å². The Bertz CT molecular complexity index is 1520. The van der Waals surface area contributed by atoms with Crippen LogP contribution in [0.15, 0.2) is 24.3 Å². The summed E-state index contributed by atoms with van der Waals surface area (Å²) in [6.07, 6.45) is 0.325. The second-order valence-corrected chi connectivity index (χ2v) is 17.0. The SMILES string of the molecule is CCOC(=O)C[C@]12[C@@H]3CCN(C(=O)OC(C)(C)C)[C@H]1[C@](C=O)(COC(=O)CP(=O)(OCC)OCC)C[C@H]3C(=O)N2CCCCOCc1ccc(OC)cc1. The number of rotatable bonds is 20. The van der Waals surface area contributed by atoms with Crippen molar-refractivity contribution in [3.8, 4) is 5.75 Å². The van der Waals surface area contributed by atoms with Gasteiger partial charge >= 0.3 is 25.6 Å². The zero-order valence-electron chi connectivity index (χ0n) is 32.7. The Labute approximate surface area is 318 Å². The Kier molecular flexibility index (Phi) is 14.7. The maximum atomic E-state index is 14.5. The van der Waals surface area contributed by atoms with Crippen LogP contribution in [-0.2, 0) is 58.3 Å². The van der Waals surface area contributed by atoms with Gasteiger partial charge in [0.1, 0.15) is 30.4 Å². The third-order valence-electron chi connectivity index (χ3n) is 10.2. The molecule has 1 aliphatic carbocycles. The van der Waals surface area contributed by atoms with Gasteiger partial charge in [-0.15, -0.1) is 0 Å². The summed E-state index contributed by atoms with van der Waals surface area (Å²) in [5.41, 5.74) is -2.96. The highest BCUT2D eigenvalue weighted by Crippen LogP contribution is 2.62. The highest BCUT2D eigenvalue weighted by molar-refractivity contribution is 7.54. The smallest absolute Gasteiger partial charge is 0.410 e. The minimum atomic E-state index is -3.85. The number of esters is 2. The number of likely N-dealkylation sites (tertiary alicyclic amines) is 2. The summed E-state index contributed by atoms with van der Waals surface area (Å²) in [4.78, 5) is 72.0. The van der Waals surface area contributed by atoms with Crippen molar-refractivity contribution in [2.24, 2.45) is 17.3 Å². The van der Waals surface area contributed by atoms with E-state index in [4.69, 9.17) is 32.7 Å². The topological polar surface area (TPSA) is 174 Å². The molecule has 0 unspecified atom stereocenters. The Balaban J connectivity index is 1.67. The molecule has 3 aliphatic rings. The van der Waals surface area contributed by atoms with Crippen LogP contribution >= 0.6 is 7.60 Å². The fourth-order valence-electron chi connectivity index (χ4n) is 8.38. The molecule has 2 aliphatic heterocycles. The fraction of sp³-hybridized carbons (Fsp3) is 0.711. The Morgan fingerprint density at radius 3 is 2.26 bits per heavy atom. The molecule has 0 spiro atoms. The van der Waals surface area contributed by atoms with E-state index in [1.165, 1.54) is 4.90 Å². The molecule has 4 rings (SSSR count). The molecule has 0 N–H and O–H groups in total. The average Bonchev–Trinajstić information content (AvgIpc) is 3.27. The summed E-state index contributed by atoms with van der Waals surface area (Å²) in [5, 5.41) is 0. The number of nitrogens with zero attached hydrogens (tertiary/aromatic N) is 2. The molecule has 1 aromatic rings. The molecule has 1 aromatic carbocycles. The molecular formula is C38H57N2O13P. The maximum Gasteiger partial charge on any atom is 0.410 e. The lowest BCUT2D eigenvalue weighted by atomic mass is 9.53. The highest BCUT2D eigenvalue weighted by Gasteiger charge is 2.75. The number of carbonyl (C=O) groups excluding carboxylic acids is 5. The minimum Gasteiger partial charge on any atom is -0.497 e. The van der Waals surface area contributed by atoms with Crippen molar-refractivity contribution in [1.29, 1.82) is 0 Å². The molecule has 5 atom stereocenters. The van der Waals surface area contributed by atoms with E-state index in [1.807, 2.05) is 24.3 Å². The predicted octanol–water partition coefficient (Wildman–Crippen LogP) is 5.17. The fourth-order valence-corrected chi connectivity index (χ4v) is 9.83. The molecule has 2 heterocycles. The molecule has 4 bridgehead atoms. The summed E-state index contributed by atoms with van der Waals surface area (Å²) in [5.74, 6) is -2.14. The van der Waals surface area contributed by atoms with Gasteiger partial charge in [0.15, 0.2) is 0 Å². The van der Waals surface area contributed by atoms with E-state index < -0.39 is 72.8 Å². The van der Waals surface area contributed by atoms with Gasteiger partial charge in [0.05, 0.1) is 57.0 Å². The lowest BCUT2D eigenvalue weighted by Gasteiger charge is -2.61. The van der Waals surface area contributed by atoms with E-state index in [2.05, 4.69) is 0 Å². The second kappa shape index (κ2) is 18.4. The Morgan fingerprint density at radius 2 is 1.67 bits per heavy atom. The number of hydrogen-bond donors (Lipinski definition) is 0. The van der Waals surface area contributed by atoms with Crippen molar-refractivity contribution < 1.29 is 61.3 Å². The van der Waals surface area contributed by atoms with Crippen LogP contribution in [0.2, 0.25) is 0 Å². The van der Waals surface area contributed by atoms with Crippen LogP contribution in [-0.4, -0.2) is 117 Å². The molecule has 2 amide bonds. The normalized spacial score (nSPS) is 24.9. The number of carbonyl (C=O) groups is 5. The van der Waals surface area contributed by atoms with Crippen LogP contribution < -0.4 is 4.74 Å². The average molecular weight is 781 g/mol. The summed E-state index contributed by atoms with van der Waals surface area (Å²) in [6, 6.07) is 6.42. The number of piperidine rings is 1. The Hall–Kier alpha value is -3.52. The standard InChI is InChI=1S/C38H57N2O13P/c1-8-49-31(42)22-38-30-17-19-39(35(45)53-36(4,5)6)34(38)37(25-41,26-50-32(43)24-54(46,51-9-2)52-10-3)21-29(30)33(44)40(38)18-11-12-20-48-23-27-13-15-28(47-7)16-14-27/h13-16,25,29-30,34H,8-12,17-24,26H2,1-7H3/t29-,30-,34+,37-,38+/m1/s1. The van der Waals surface area contributed by atoms with Crippen molar-refractivity contribution >= 4 is 37.8 Å². The van der Waals surface area contributed by atoms with Gasteiger partial charge in [-0.1, -0.05) is 12.1 Å². The predicted molar refractivity (Wildman–Crippen MR) is 196 cm³/mol. The molecule has 15 nitrogen and oxygen atoms in total. The van der Waals surface area contributed by atoms with Crippen LogP contribution in [0.25, 0.3) is 0 Å². The van der Waals surface area contributed by atoms with Crippen LogP contribution in [0.3, 0.4) is 0 Å². The zero-order valence-corrected chi connectivity index (χ0v) is 33.6. The van der Waals surface area contributed by atoms with Gasteiger partial charge in [-0.3, -0.25) is 18.9 Å². The van der Waals surface area contributed by atoms with Crippen molar-refractivity contribution in [3.63, 3.8) is 0 Å². The Morgan fingerprint density at radius 1 is 0.981 bits per heavy atom. The summed E-state index contributed by atoms with van der Waals surface area (Å²) >= 11 is 0. The van der Waals surface area contributed by atoms with Gasteiger partial charge in [-0.25, -0.2) is 4.79 Å². The molecule has 54 heavy (non-hydrogen) atoms. The second-order valence-electron chi connectivity index (χ2n) is 15.0. The number of ether oxygens (including phenoxy) is 5. The van der Waals surface area contributed by atoms with Gasteiger partial charge < -0.3 is 47.3 Å². The van der Waals surface area contributed by atoms with Crippen molar-refractivity contribution in [2.45, 2.75) is 97.4 Å². The van der Waals surface area contributed by atoms with Gasteiger partial charge in [0, 0.05) is 25.6 Å². The largest absolute Gasteiger partial charge is 0.497 e. The van der Waals surface area contributed by atoms with Crippen molar-refractivity contribution in [1.82, 2.24) is 9.80 Å². The first-order chi connectivity index (χ1) is 25.6. The third kappa shape index (κ3) is 9.64. The molecule has 1 saturated carbocycles. The van der Waals surface area contributed by atoms with Crippen LogP contribution in [0.1, 0.15) is 79.2 Å². The third-order valence-corrected chi connectivity index (χ3v) is 12.2. The number of methoxy groups -OCH3 is 1. The van der Waals surface area contributed by atoms with E-state index >= 15 is 0 Å². The van der Waals surface area contributed by atoms with E-state index in [-0.39, 0.29) is 51.7 Å². The maximum absolute atomic E-state index is 14.5. The number of unbranched alkanes of at least 4 members (excludes halogenated alkanes) is 1. The highest BCUT2D eigenvalue weighted by atomic mass is 31.2. The van der Waals surface area contributed by atoms with E-state index in [0.29, 0.717) is 38.8 Å². The first-order valence-corrected chi connectivity index (χ1v) is 20.5. The quantitative estimate of drug-likeness (QED) is 0.0559. The molecule has 3 fully saturated rings. The van der Waals surface area contributed by atoms with E-state index in [1.54, 1.807) is 53.6 Å². The molecule has 302 valence electrons. The van der Waals surface area contributed by atoms with E-state index in [9.17, 15) is 28.5 Å². The number of amides is 2. The molecule has 0 radical (unpaired) electrons. The number of aldehydes is 1. The minimum absolute atomic E-state index is 0.0297. The summed E-state index contributed by atoms with van der Waals surface area (Å²) < 4.78 is 51.8. The van der Waals surface area contributed by atoms with Crippen molar-refractivity contribution in [3.05, 3.63) is 29.8 Å². The molecule has 0 aromatic heterocycles. The molecular weight excluding hydrogens is 723 g/mol. The molecule has 2 saturated heterocycles. The van der Waals surface area contributed by atoms with Gasteiger partial charge in [-0.05, 0) is 90.8 Å². The van der Waals surface area contributed by atoms with Crippen molar-refractivity contribution in [2.75, 3.05) is 59.4 Å². The lowest BCUT2D eigenvalue weighted by molar-refractivity contribution is -0.175. The summed E-state index contributed by atoms with van der Waals surface area (Å²) in [7, 11) is -2.25. The van der Waals surface area contributed by atoms with Crippen LogP contribution in [0.5, 0.6) is 5.75 Å².